The van der Waals surface area contributed by atoms with Gasteiger partial charge in [-0.15, -0.1) is 0 Å². The van der Waals surface area contributed by atoms with Gasteiger partial charge in [0.05, 0.1) is 32.8 Å². The van der Waals surface area contributed by atoms with Crippen molar-refractivity contribution in [2.45, 2.75) is 39.0 Å². The van der Waals surface area contributed by atoms with E-state index >= 15 is 0 Å². The van der Waals surface area contributed by atoms with E-state index in [1.165, 1.54) is 11.1 Å². The molecule has 0 atom stereocenters. The van der Waals surface area contributed by atoms with E-state index in [2.05, 4.69) is 44.0 Å². The largest absolute Gasteiger partial charge is 0.481 e. The lowest BCUT2D eigenvalue weighted by Gasteiger charge is -2.22. The molecule has 0 radical (unpaired) electrons. The highest BCUT2D eigenvalue weighted by atomic mass is 16.5. The number of rotatable bonds is 10. The molecule has 1 N–H and O–H groups in total. The number of aromatic nitrogens is 2. The molecule has 0 bridgehead atoms. The van der Waals surface area contributed by atoms with E-state index in [1.807, 2.05) is 19.2 Å². The second-order valence-electron chi connectivity index (χ2n) is 8.72. The van der Waals surface area contributed by atoms with Crippen LogP contribution in [0.15, 0.2) is 36.5 Å². The van der Waals surface area contributed by atoms with Gasteiger partial charge in [0.25, 0.3) is 0 Å². The maximum absolute atomic E-state index is 10.6. The first-order valence-electron chi connectivity index (χ1n) is 12.3. The molecule has 8 nitrogen and oxygen atoms in total. The Morgan fingerprint density at radius 3 is 2.68 bits per heavy atom. The molecule has 1 aliphatic heterocycles. The van der Waals surface area contributed by atoms with E-state index < -0.39 is 5.97 Å². The van der Waals surface area contributed by atoms with Crippen LogP contribution in [0.5, 0.6) is 0 Å². The highest BCUT2D eigenvalue weighted by Crippen LogP contribution is 2.12. The highest BCUT2D eigenvalue weighted by Gasteiger charge is 2.13. The Labute approximate surface area is 202 Å². The SMILES string of the molecule is Cc1ccnc(N2CCCCN(CCc3cccc(CCOCCC(=O)O)c3)CCOCC2)n1. The predicted molar refractivity (Wildman–Crippen MR) is 132 cm³/mol. The molecule has 2 heterocycles. The minimum atomic E-state index is -0.823. The molecule has 1 saturated heterocycles. The number of ether oxygens (including phenoxy) is 2. The van der Waals surface area contributed by atoms with Crippen LogP contribution in [-0.4, -0.2) is 85.1 Å². The molecular formula is C26H38N4O4. The molecular weight excluding hydrogens is 432 g/mol. The van der Waals surface area contributed by atoms with Crippen LogP contribution < -0.4 is 4.90 Å². The van der Waals surface area contributed by atoms with E-state index in [1.54, 1.807) is 0 Å². The lowest BCUT2D eigenvalue weighted by molar-refractivity contribution is -0.138. The summed E-state index contributed by atoms with van der Waals surface area (Å²) in [7, 11) is 0. The molecule has 0 saturated carbocycles. The maximum atomic E-state index is 10.6. The molecule has 3 rings (SSSR count). The van der Waals surface area contributed by atoms with Crippen LogP contribution in [0.25, 0.3) is 0 Å². The molecule has 0 unspecified atom stereocenters. The monoisotopic (exact) mass is 470 g/mol. The minimum absolute atomic E-state index is 0.0529. The predicted octanol–water partition coefficient (Wildman–Crippen LogP) is 2.98. The van der Waals surface area contributed by atoms with Crippen LogP contribution in [0.2, 0.25) is 0 Å². The Morgan fingerprint density at radius 1 is 1.06 bits per heavy atom. The van der Waals surface area contributed by atoms with Gasteiger partial charge in [-0.05, 0) is 56.3 Å². The normalized spacial score (nSPS) is 16.2. The van der Waals surface area contributed by atoms with E-state index in [4.69, 9.17) is 14.6 Å². The molecule has 1 aromatic heterocycles. The van der Waals surface area contributed by atoms with Crippen molar-refractivity contribution in [3.05, 3.63) is 53.3 Å². The number of hydrogen-bond donors (Lipinski definition) is 1. The summed E-state index contributed by atoms with van der Waals surface area (Å²) in [4.78, 5) is 24.3. The van der Waals surface area contributed by atoms with E-state index in [0.29, 0.717) is 13.2 Å². The number of hydrogen-bond acceptors (Lipinski definition) is 7. The van der Waals surface area contributed by atoms with Gasteiger partial charge in [0.15, 0.2) is 0 Å². The zero-order valence-corrected chi connectivity index (χ0v) is 20.3. The van der Waals surface area contributed by atoms with Gasteiger partial charge >= 0.3 is 5.97 Å². The lowest BCUT2D eigenvalue weighted by Crippen LogP contribution is -2.31. The van der Waals surface area contributed by atoms with Crippen LogP contribution >= 0.6 is 0 Å². The zero-order chi connectivity index (χ0) is 24.0. The third-order valence-electron chi connectivity index (χ3n) is 5.98. The van der Waals surface area contributed by atoms with Gasteiger partial charge in [-0.1, -0.05) is 24.3 Å². The van der Waals surface area contributed by atoms with Crippen LogP contribution in [0, 0.1) is 6.92 Å². The van der Waals surface area contributed by atoms with E-state index in [-0.39, 0.29) is 13.0 Å². The number of aliphatic carboxylic acids is 1. The molecule has 2 aromatic rings. The first kappa shape index (κ1) is 26.1. The van der Waals surface area contributed by atoms with Gasteiger partial charge in [0.2, 0.25) is 5.95 Å². The van der Waals surface area contributed by atoms with Crippen LogP contribution in [0.1, 0.15) is 36.1 Å². The Balaban J connectivity index is 1.43. The summed E-state index contributed by atoms with van der Waals surface area (Å²) in [6.45, 7) is 8.99. The smallest absolute Gasteiger partial charge is 0.305 e. The Hall–Kier alpha value is -2.55. The summed E-state index contributed by atoms with van der Waals surface area (Å²) >= 11 is 0. The summed E-state index contributed by atoms with van der Waals surface area (Å²) in [6, 6.07) is 10.5. The molecule has 1 fully saturated rings. The van der Waals surface area contributed by atoms with Crippen molar-refractivity contribution in [3.63, 3.8) is 0 Å². The van der Waals surface area contributed by atoms with Crippen molar-refractivity contribution in [2.24, 2.45) is 0 Å². The third-order valence-corrected chi connectivity index (χ3v) is 5.98. The van der Waals surface area contributed by atoms with E-state index in [9.17, 15) is 4.79 Å². The van der Waals surface area contributed by atoms with Crippen molar-refractivity contribution in [1.29, 1.82) is 0 Å². The first-order valence-corrected chi connectivity index (χ1v) is 12.3. The summed E-state index contributed by atoms with van der Waals surface area (Å²) < 4.78 is 11.4. The topological polar surface area (TPSA) is 88.0 Å². The maximum Gasteiger partial charge on any atom is 0.305 e. The van der Waals surface area contributed by atoms with Crippen LogP contribution in [0.4, 0.5) is 5.95 Å². The van der Waals surface area contributed by atoms with Gasteiger partial charge in [-0.3, -0.25) is 4.79 Å². The number of aryl methyl sites for hydroxylation is 1. The fraction of sp³-hybridized carbons (Fsp3) is 0.577. The Kier molecular flexibility index (Phi) is 11.2. The van der Waals surface area contributed by atoms with Crippen molar-refractivity contribution in [2.75, 3.05) is 64.1 Å². The standard InChI is InChI=1S/C26H38N4O4/c1-22-7-11-27-26(28-22)30-13-3-2-12-29(15-19-34-20-16-30)14-8-23-5-4-6-24(21-23)9-17-33-18-10-25(31)32/h4-7,11,21H,2-3,8-10,12-20H2,1H3,(H,31,32). The van der Waals surface area contributed by atoms with Crippen LogP contribution in [0.3, 0.4) is 0 Å². The number of anilines is 1. The number of nitrogens with zero attached hydrogens (tertiary/aromatic N) is 4. The average molecular weight is 471 g/mol. The summed E-state index contributed by atoms with van der Waals surface area (Å²) in [5.41, 5.74) is 3.54. The molecule has 1 aliphatic rings. The van der Waals surface area contributed by atoms with E-state index in [0.717, 1.165) is 76.7 Å². The zero-order valence-electron chi connectivity index (χ0n) is 20.3. The Morgan fingerprint density at radius 2 is 1.85 bits per heavy atom. The van der Waals surface area contributed by atoms with Gasteiger partial charge < -0.3 is 24.4 Å². The minimum Gasteiger partial charge on any atom is -0.481 e. The van der Waals surface area contributed by atoms with Gasteiger partial charge in [0, 0.05) is 38.1 Å². The molecule has 0 amide bonds. The lowest BCUT2D eigenvalue weighted by atomic mass is 10.1. The fourth-order valence-corrected chi connectivity index (χ4v) is 4.02. The molecule has 186 valence electrons. The molecule has 8 heteroatoms. The molecule has 34 heavy (non-hydrogen) atoms. The summed E-state index contributed by atoms with van der Waals surface area (Å²) in [6.07, 6.45) is 5.91. The first-order chi connectivity index (χ1) is 16.6. The number of carbonyl (C=O) groups is 1. The molecule has 0 spiro atoms. The number of benzene rings is 1. The van der Waals surface area contributed by atoms with Crippen molar-refractivity contribution in [1.82, 2.24) is 14.9 Å². The summed E-state index contributed by atoms with van der Waals surface area (Å²) in [5, 5.41) is 8.68. The van der Waals surface area contributed by atoms with Gasteiger partial charge in [0.1, 0.15) is 0 Å². The van der Waals surface area contributed by atoms with Gasteiger partial charge in [-0.2, -0.15) is 0 Å². The van der Waals surface area contributed by atoms with Crippen molar-refractivity contribution < 1.29 is 19.4 Å². The average Bonchev–Trinajstić information content (AvgIpc) is 2.88. The van der Waals surface area contributed by atoms with Gasteiger partial charge in [-0.25, -0.2) is 9.97 Å². The van der Waals surface area contributed by atoms with Crippen LogP contribution in [-0.2, 0) is 27.1 Å². The second-order valence-corrected chi connectivity index (χ2v) is 8.72. The molecule has 0 aliphatic carbocycles. The highest BCUT2D eigenvalue weighted by molar-refractivity contribution is 5.66. The second kappa shape index (κ2) is 14.7. The Bertz CT molecular complexity index is 879. The number of carboxylic acid groups (broad SMARTS) is 1. The summed E-state index contributed by atoms with van der Waals surface area (Å²) in [5.74, 6) is -0.0250. The molecule has 1 aromatic carbocycles. The quantitative estimate of drug-likeness (QED) is 0.530. The fourth-order valence-electron chi connectivity index (χ4n) is 4.02. The number of carboxylic acids is 1. The van der Waals surface area contributed by atoms with Crippen molar-refractivity contribution >= 4 is 11.9 Å². The third kappa shape index (κ3) is 9.75. The van der Waals surface area contributed by atoms with Crippen molar-refractivity contribution in [3.8, 4) is 0 Å².